The molecule has 0 bridgehead atoms. The van der Waals surface area contributed by atoms with Crippen molar-refractivity contribution in [3.63, 3.8) is 0 Å². The lowest BCUT2D eigenvalue weighted by Gasteiger charge is -2.05. The lowest BCUT2D eigenvalue weighted by Crippen LogP contribution is -1.98. The monoisotopic (exact) mass is 181 g/mol. The fourth-order valence-electron chi connectivity index (χ4n) is 1.08. The van der Waals surface area contributed by atoms with Crippen LogP contribution in [-0.2, 0) is 0 Å². The normalized spacial score (nSPS) is 11.6. The van der Waals surface area contributed by atoms with Crippen molar-refractivity contribution in [2.75, 3.05) is 0 Å². The summed E-state index contributed by atoms with van der Waals surface area (Å²) in [6, 6.07) is 4.52. The Morgan fingerprint density at radius 2 is 2.08 bits per heavy atom. The summed E-state index contributed by atoms with van der Waals surface area (Å²) >= 11 is 0. The molecule has 0 amide bonds. The Balaban J connectivity index is 3.22. The molecule has 0 saturated carbocycles. The summed E-state index contributed by atoms with van der Waals surface area (Å²) in [7, 11) is 0. The molecule has 3 N–H and O–H groups in total. The Kier molecular flexibility index (Phi) is 2.74. The zero-order valence-corrected chi connectivity index (χ0v) is 7.23. The topological polar surface area (TPSA) is 73.1 Å². The Morgan fingerprint density at radius 1 is 1.38 bits per heavy atom. The molecular formula is C9H11NO3. The lowest BCUT2D eigenvalue weighted by atomic mass is 10.1. The number of para-hydroxylation sites is 1. The standard InChI is InChI=1S/C9H11NO3/c1-2-7(10-13)6-4-3-5-8(11)9(6)12/h3-5,11-13H,2H2,1H3/b10-7-. The number of phenolic OH excluding ortho intramolecular Hbond substituents is 2. The predicted molar refractivity (Wildman–Crippen MR) is 48.4 cm³/mol. The van der Waals surface area contributed by atoms with Gasteiger partial charge in [0, 0.05) is 5.56 Å². The third-order valence-electron chi connectivity index (χ3n) is 1.78. The molecule has 0 aliphatic rings. The maximum atomic E-state index is 9.39. The van der Waals surface area contributed by atoms with Crippen LogP contribution >= 0.6 is 0 Å². The van der Waals surface area contributed by atoms with Crippen LogP contribution in [0.5, 0.6) is 11.5 Å². The molecule has 1 aromatic rings. The maximum absolute atomic E-state index is 9.39. The van der Waals surface area contributed by atoms with Crippen molar-refractivity contribution in [3.8, 4) is 11.5 Å². The minimum absolute atomic E-state index is 0.216. The zero-order valence-electron chi connectivity index (χ0n) is 7.23. The molecule has 70 valence electrons. The summed E-state index contributed by atoms with van der Waals surface area (Å²) in [5.41, 5.74) is 0.693. The van der Waals surface area contributed by atoms with Crippen molar-refractivity contribution in [2.45, 2.75) is 13.3 Å². The molecule has 0 aliphatic carbocycles. The number of hydrogen-bond acceptors (Lipinski definition) is 4. The zero-order chi connectivity index (χ0) is 9.84. The summed E-state index contributed by atoms with van der Waals surface area (Å²) in [5.74, 6) is -0.468. The fourth-order valence-corrected chi connectivity index (χ4v) is 1.08. The van der Waals surface area contributed by atoms with E-state index in [1.807, 2.05) is 0 Å². The molecule has 0 saturated heterocycles. The summed E-state index contributed by atoms with van der Waals surface area (Å²) in [4.78, 5) is 0. The number of benzene rings is 1. The highest BCUT2D eigenvalue weighted by atomic mass is 16.4. The van der Waals surface area contributed by atoms with Gasteiger partial charge in [-0.3, -0.25) is 0 Å². The molecule has 0 fully saturated rings. The van der Waals surface area contributed by atoms with E-state index in [1.165, 1.54) is 6.07 Å². The Labute approximate surface area is 75.8 Å². The van der Waals surface area contributed by atoms with Gasteiger partial charge in [0.05, 0.1) is 5.71 Å². The Hall–Kier alpha value is -1.71. The molecule has 4 nitrogen and oxygen atoms in total. The van der Waals surface area contributed by atoms with E-state index in [9.17, 15) is 5.11 Å². The quantitative estimate of drug-likeness (QED) is 0.281. The van der Waals surface area contributed by atoms with E-state index in [4.69, 9.17) is 10.3 Å². The first-order chi connectivity index (χ1) is 6.20. The average molecular weight is 181 g/mol. The highest BCUT2D eigenvalue weighted by Gasteiger charge is 2.10. The van der Waals surface area contributed by atoms with Gasteiger partial charge in [-0.15, -0.1) is 0 Å². The fraction of sp³-hybridized carbons (Fsp3) is 0.222. The second-order valence-electron chi connectivity index (χ2n) is 2.57. The van der Waals surface area contributed by atoms with Crippen LogP contribution < -0.4 is 0 Å². The van der Waals surface area contributed by atoms with Gasteiger partial charge in [-0.2, -0.15) is 0 Å². The van der Waals surface area contributed by atoms with Gasteiger partial charge in [-0.25, -0.2) is 0 Å². The first-order valence-electron chi connectivity index (χ1n) is 3.93. The van der Waals surface area contributed by atoms with Crippen molar-refractivity contribution in [1.82, 2.24) is 0 Å². The van der Waals surface area contributed by atoms with Gasteiger partial charge in [-0.05, 0) is 18.6 Å². The van der Waals surface area contributed by atoms with Crippen LogP contribution in [0, 0.1) is 0 Å². The van der Waals surface area contributed by atoms with Crippen LogP contribution in [0.3, 0.4) is 0 Å². The average Bonchev–Trinajstić information content (AvgIpc) is 2.14. The molecule has 0 aliphatic heterocycles. The third-order valence-corrected chi connectivity index (χ3v) is 1.78. The molecule has 13 heavy (non-hydrogen) atoms. The molecule has 0 unspecified atom stereocenters. The summed E-state index contributed by atoms with van der Waals surface area (Å²) in [5, 5.41) is 30.2. The minimum atomic E-state index is -0.253. The number of rotatable bonds is 2. The predicted octanol–water partition coefficient (Wildman–Crippen LogP) is 1.69. The summed E-state index contributed by atoms with van der Waals surface area (Å²) in [6.45, 7) is 1.79. The van der Waals surface area contributed by atoms with Crippen LogP contribution in [0.15, 0.2) is 23.4 Å². The summed E-state index contributed by atoms with van der Waals surface area (Å²) in [6.07, 6.45) is 0.480. The lowest BCUT2D eigenvalue weighted by molar-refractivity contribution is 0.317. The Bertz CT molecular complexity index is 334. The first-order valence-corrected chi connectivity index (χ1v) is 3.93. The molecule has 0 atom stereocenters. The van der Waals surface area contributed by atoms with Crippen LogP contribution in [0.4, 0.5) is 0 Å². The molecule has 0 radical (unpaired) electrons. The van der Waals surface area contributed by atoms with E-state index in [0.29, 0.717) is 17.7 Å². The van der Waals surface area contributed by atoms with Crippen LogP contribution in [0.1, 0.15) is 18.9 Å². The van der Waals surface area contributed by atoms with Gasteiger partial charge in [0.25, 0.3) is 0 Å². The third kappa shape index (κ3) is 1.72. The molecule has 0 spiro atoms. The van der Waals surface area contributed by atoms with E-state index in [0.717, 1.165) is 0 Å². The molecular weight excluding hydrogens is 170 g/mol. The van der Waals surface area contributed by atoms with E-state index in [1.54, 1.807) is 19.1 Å². The van der Waals surface area contributed by atoms with E-state index in [-0.39, 0.29) is 11.5 Å². The van der Waals surface area contributed by atoms with Gasteiger partial charge in [0.1, 0.15) is 0 Å². The highest BCUT2D eigenvalue weighted by molar-refractivity contribution is 6.02. The van der Waals surface area contributed by atoms with Gasteiger partial charge < -0.3 is 15.4 Å². The number of hydrogen-bond donors (Lipinski definition) is 3. The number of oxime groups is 1. The molecule has 0 aromatic heterocycles. The van der Waals surface area contributed by atoms with Gasteiger partial charge in [0.15, 0.2) is 11.5 Å². The number of aromatic hydroxyl groups is 2. The van der Waals surface area contributed by atoms with Gasteiger partial charge >= 0.3 is 0 Å². The van der Waals surface area contributed by atoms with Gasteiger partial charge in [0.2, 0.25) is 0 Å². The number of nitrogens with zero attached hydrogens (tertiary/aromatic N) is 1. The second kappa shape index (κ2) is 3.80. The second-order valence-corrected chi connectivity index (χ2v) is 2.57. The van der Waals surface area contributed by atoms with Gasteiger partial charge in [-0.1, -0.05) is 18.1 Å². The van der Waals surface area contributed by atoms with Crippen LogP contribution in [0.25, 0.3) is 0 Å². The largest absolute Gasteiger partial charge is 0.504 e. The van der Waals surface area contributed by atoms with E-state index < -0.39 is 0 Å². The van der Waals surface area contributed by atoms with Crippen molar-refractivity contribution >= 4 is 5.71 Å². The van der Waals surface area contributed by atoms with E-state index >= 15 is 0 Å². The minimum Gasteiger partial charge on any atom is -0.504 e. The summed E-state index contributed by atoms with van der Waals surface area (Å²) < 4.78 is 0. The van der Waals surface area contributed by atoms with Crippen molar-refractivity contribution in [3.05, 3.63) is 23.8 Å². The maximum Gasteiger partial charge on any atom is 0.166 e. The molecule has 4 heteroatoms. The van der Waals surface area contributed by atoms with Crippen molar-refractivity contribution in [2.24, 2.45) is 5.16 Å². The Morgan fingerprint density at radius 3 is 2.62 bits per heavy atom. The van der Waals surface area contributed by atoms with E-state index in [2.05, 4.69) is 5.16 Å². The number of phenols is 2. The molecule has 1 rings (SSSR count). The molecule has 1 aromatic carbocycles. The molecule has 0 heterocycles. The van der Waals surface area contributed by atoms with Crippen LogP contribution in [0.2, 0.25) is 0 Å². The van der Waals surface area contributed by atoms with Crippen molar-refractivity contribution in [1.29, 1.82) is 0 Å². The van der Waals surface area contributed by atoms with Crippen LogP contribution in [-0.4, -0.2) is 21.1 Å². The van der Waals surface area contributed by atoms with Crippen molar-refractivity contribution < 1.29 is 15.4 Å². The SMILES string of the molecule is CC/C(=N/O)c1cccc(O)c1O. The first kappa shape index (κ1) is 9.38. The highest BCUT2D eigenvalue weighted by Crippen LogP contribution is 2.29. The smallest absolute Gasteiger partial charge is 0.166 e.